The molecule has 0 heterocycles. The number of halogens is 5. The summed E-state index contributed by atoms with van der Waals surface area (Å²) in [4.78, 5) is 24.6. The van der Waals surface area contributed by atoms with Gasteiger partial charge in [-0.25, -0.2) is 22.0 Å². The molecular formula is C20H20F5NO3. The zero-order valence-corrected chi connectivity index (χ0v) is 15.7. The summed E-state index contributed by atoms with van der Waals surface area (Å²) >= 11 is 0. The number of hydrogen-bond acceptors (Lipinski definition) is 3. The lowest BCUT2D eigenvalue weighted by atomic mass is 9.47. The summed E-state index contributed by atoms with van der Waals surface area (Å²) in [7, 11) is 0. The maximum absolute atomic E-state index is 13.9. The summed E-state index contributed by atoms with van der Waals surface area (Å²) in [6.07, 6.45) is 3.86. The SMILES string of the molecule is CC(=O)NC12CC3CC(C1)CC(C(=O)OCc1c(F)c(F)c(F)c(F)c1F)(C3)C2. The molecule has 4 aliphatic carbocycles. The van der Waals surface area contributed by atoms with E-state index in [4.69, 9.17) is 4.74 Å². The number of rotatable bonds is 4. The molecule has 4 nitrogen and oxygen atoms in total. The highest BCUT2D eigenvalue weighted by Gasteiger charge is 2.61. The minimum absolute atomic E-state index is 0.197. The smallest absolute Gasteiger partial charge is 0.312 e. The third kappa shape index (κ3) is 3.18. The Bertz CT molecular complexity index is 860. The molecule has 2 unspecified atom stereocenters. The second-order valence-electron chi connectivity index (χ2n) is 8.83. The van der Waals surface area contributed by atoms with Crippen molar-refractivity contribution in [3.63, 3.8) is 0 Å². The molecule has 0 saturated heterocycles. The fraction of sp³-hybridized carbons (Fsp3) is 0.600. The van der Waals surface area contributed by atoms with Crippen molar-refractivity contribution < 1.29 is 36.3 Å². The van der Waals surface area contributed by atoms with Crippen LogP contribution < -0.4 is 5.32 Å². The van der Waals surface area contributed by atoms with Crippen molar-refractivity contribution in [2.75, 3.05) is 0 Å². The summed E-state index contributed by atoms with van der Waals surface area (Å²) in [5.74, 6) is -10.9. The van der Waals surface area contributed by atoms with Crippen molar-refractivity contribution in [2.45, 2.75) is 57.6 Å². The molecule has 4 bridgehead atoms. The minimum atomic E-state index is -2.26. The van der Waals surface area contributed by atoms with Gasteiger partial charge in [0.25, 0.3) is 0 Å². The molecule has 1 N–H and O–H groups in total. The van der Waals surface area contributed by atoms with Crippen molar-refractivity contribution in [3.05, 3.63) is 34.6 Å². The lowest BCUT2D eigenvalue weighted by Gasteiger charge is -2.60. The van der Waals surface area contributed by atoms with Gasteiger partial charge in [0.2, 0.25) is 11.7 Å². The Balaban J connectivity index is 1.56. The van der Waals surface area contributed by atoms with Gasteiger partial charge in [-0.15, -0.1) is 0 Å². The zero-order chi connectivity index (χ0) is 21.1. The Labute approximate surface area is 163 Å². The highest BCUT2D eigenvalue weighted by molar-refractivity contribution is 5.79. The van der Waals surface area contributed by atoms with E-state index in [9.17, 15) is 31.5 Å². The molecule has 5 rings (SSSR count). The standard InChI is InChI=1S/C20H20F5NO3/c1-9(27)26-20-5-10-2-11(6-20)4-19(3-10,8-20)18(28)29-7-12-13(21)15(23)17(25)16(24)14(12)22/h10-11H,2-8H2,1H3,(H,26,27). The topological polar surface area (TPSA) is 55.4 Å². The van der Waals surface area contributed by atoms with E-state index in [1.165, 1.54) is 6.92 Å². The van der Waals surface area contributed by atoms with Crippen LogP contribution >= 0.6 is 0 Å². The molecule has 4 aliphatic rings. The number of esters is 1. The fourth-order valence-corrected chi connectivity index (χ4v) is 6.09. The average molecular weight is 417 g/mol. The average Bonchev–Trinajstić information content (AvgIpc) is 2.62. The number of nitrogens with one attached hydrogen (secondary N) is 1. The molecule has 0 radical (unpaired) electrons. The summed E-state index contributed by atoms with van der Waals surface area (Å²) < 4.78 is 72.7. The van der Waals surface area contributed by atoms with Gasteiger partial charge >= 0.3 is 5.97 Å². The van der Waals surface area contributed by atoms with Gasteiger partial charge in [0.1, 0.15) is 6.61 Å². The monoisotopic (exact) mass is 417 g/mol. The predicted molar refractivity (Wildman–Crippen MR) is 89.7 cm³/mol. The summed E-state index contributed by atoms with van der Waals surface area (Å²) in [5.41, 5.74) is -2.60. The van der Waals surface area contributed by atoms with Crippen LogP contribution in [0, 0.1) is 46.3 Å². The van der Waals surface area contributed by atoms with Crippen LogP contribution in [0.4, 0.5) is 22.0 Å². The van der Waals surface area contributed by atoms with Crippen LogP contribution in [-0.2, 0) is 20.9 Å². The van der Waals surface area contributed by atoms with E-state index >= 15 is 0 Å². The molecule has 9 heteroatoms. The summed E-state index contributed by atoms with van der Waals surface area (Å²) in [5, 5.41) is 2.97. The van der Waals surface area contributed by atoms with Crippen LogP contribution in [0.15, 0.2) is 0 Å². The molecule has 1 amide bonds. The number of benzene rings is 1. The van der Waals surface area contributed by atoms with Crippen LogP contribution in [0.25, 0.3) is 0 Å². The largest absolute Gasteiger partial charge is 0.460 e. The Hall–Kier alpha value is -2.19. The van der Waals surface area contributed by atoms with E-state index in [2.05, 4.69) is 5.32 Å². The lowest BCUT2D eigenvalue weighted by molar-refractivity contribution is -0.177. The van der Waals surface area contributed by atoms with E-state index in [0.717, 1.165) is 19.3 Å². The number of carbonyl (C=O) groups excluding carboxylic acids is 2. The Morgan fingerprint density at radius 3 is 1.97 bits per heavy atom. The molecule has 4 saturated carbocycles. The molecule has 0 aromatic heterocycles. The van der Waals surface area contributed by atoms with Gasteiger partial charge in [-0.05, 0) is 50.4 Å². The third-order valence-corrected chi connectivity index (χ3v) is 6.58. The number of amides is 1. The summed E-state index contributed by atoms with van der Waals surface area (Å²) in [6.45, 7) is 0.363. The fourth-order valence-electron chi connectivity index (χ4n) is 6.09. The normalized spacial score (nSPS) is 32.3. The quantitative estimate of drug-likeness (QED) is 0.350. The van der Waals surface area contributed by atoms with Crippen LogP contribution in [0.1, 0.15) is 51.0 Å². The lowest BCUT2D eigenvalue weighted by Crippen LogP contribution is -2.64. The molecule has 4 fully saturated rings. The second kappa shape index (κ2) is 6.67. The number of ether oxygens (including phenoxy) is 1. The molecule has 158 valence electrons. The molecule has 1 aromatic rings. The van der Waals surface area contributed by atoms with Crippen LogP contribution in [-0.4, -0.2) is 17.4 Å². The molecule has 29 heavy (non-hydrogen) atoms. The number of carbonyl (C=O) groups is 2. The van der Waals surface area contributed by atoms with E-state index < -0.39 is 58.2 Å². The van der Waals surface area contributed by atoms with Crippen molar-refractivity contribution in [1.29, 1.82) is 0 Å². The van der Waals surface area contributed by atoms with E-state index in [0.29, 0.717) is 19.3 Å². The van der Waals surface area contributed by atoms with E-state index in [1.54, 1.807) is 0 Å². The Kier molecular flexibility index (Phi) is 4.62. The van der Waals surface area contributed by atoms with Crippen LogP contribution in [0.2, 0.25) is 0 Å². The van der Waals surface area contributed by atoms with Crippen molar-refractivity contribution in [3.8, 4) is 0 Å². The predicted octanol–water partition coefficient (Wildman–Crippen LogP) is 3.90. The first-order valence-corrected chi connectivity index (χ1v) is 9.52. The van der Waals surface area contributed by atoms with E-state index in [1.807, 2.05) is 0 Å². The second-order valence-corrected chi connectivity index (χ2v) is 8.83. The molecule has 2 atom stereocenters. The summed E-state index contributed by atoms with van der Waals surface area (Å²) in [6, 6.07) is 0. The molecule has 0 spiro atoms. The third-order valence-electron chi connectivity index (χ3n) is 6.58. The van der Waals surface area contributed by atoms with Gasteiger partial charge in [-0.1, -0.05) is 0 Å². The van der Waals surface area contributed by atoms with Gasteiger partial charge in [-0.3, -0.25) is 9.59 Å². The van der Waals surface area contributed by atoms with Crippen molar-refractivity contribution in [2.24, 2.45) is 17.3 Å². The Morgan fingerprint density at radius 1 is 0.931 bits per heavy atom. The minimum Gasteiger partial charge on any atom is -0.460 e. The first kappa shape index (κ1) is 20.1. The molecule has 0 aliphatic heterocycles. The maximum atomic E-state index is 13.9. The van der Waals surface area contributed by atoms with Gasteiger partial charge in [-0.2, -0.15) is 0 Å². The van der Waals surface area contributed by atoms with Crippen molar-refractivity contribution >= 4 is 11.9 Å². The van der Waals surface area contributed by atoms with Crippen LogP contribution in [0.3, 0.4) is 0 Å². The van der Waals surface area contributed by atoms with E-state index in [-0.39, 0.29) is 17.7 Å². The van der Waals surface area contributed by atoms with Gasteiger partial charge < -0.3 is 10.1 Å². The Morgan fingerprint density at radius 2 is 1.45 bits per heavy atom. The first-order chi connectivity index (χ1) is 13.6. The van der Waals surface area contributed by atoms with Gasteiger partial charge in [0, 0.05) is 12.5 Å². The molecular weight excluding hydrogens is 397 g/mol. The van der Waals surface area contributed by atoms with Gasteiger partial charge in [0.15, 0.2) is 23.3 Å². The molecule has 1 aromatic carbocycles. The van der Waals surface area contributed by atoms with Gasteiger partial charge in [0.05, 0.1) is 11.0 Å². The van der Waals surface area contributed by atoms with Crippen molar-refractivity contribution in [1.82, 2.24) is 5.32 Å². The number of hydrogen-bond donors (Lipinski definition) is 1. The zero-order valence-electron chi connectivity index (χ0n) is 15.7. The maximum Gasteiger partial charge on any atom is 0.312 e. The first-order valence-electron chi connectivity index (χ1n) is 9.52. The highest BCUT2D eigenvalue weighted by atomic mass is 19.2. The highest BCUT2D eigenvalue weighted by Crippen LogP contribution is 2.62. The van der Waals surface area contributed by atoms with Crippen LogP contribution in [0.5, 0.6) is 0 Å².